The van der Waals surface area contributed by atoms with Crippen LogP contribution in [0.1, 0.15) is 55.8 Å². The van der Waals surface area contributed by atoms with Gasteiger partial charge < -0.3 is 4.74 Å². The fourth-order valence-corrected chi connectivity index (χ4v) is 3.29. The molecule has 0 spiro atoms. The summed E-state index contributed by atoms with van der Waals surface area (Å²) in [5.74, 6) is -0.307. The first kappa shape index (κ1) is 16.7. The third-order valence-electron chi connectivity index (χ3n) is 4.78. The van der Waals surface area contributed by atoms with Crippen molar-refractivity contribution in [3.05, 3.63) is 29.8 Å². The molecule has 24 heavy (non-hydrogen) atoms. The number of ketones is 1. The summed E-state index contributed by atoms with van der Waals surface area (Å²) in [4.78, 5) is 24.2. The van der Waals surface area contributed by atoms with E-state index in [0.29, 0.717) is 5.56 Å². The highest BCUT2D eigenvalue weighted by atomic mass is 16.5. The minimum Gasteiger partial charge on any atom is -0.454 e. The van der Waals surface area contributed by atoms with Crippen molar-refractivity contribution >= 4 is 23.2 Å². The number of anilines is 1. The van der Waals surface area contributed by atoms with E-state index in [0.717, 1.165) is 50.0 Å². The van der Waals surface area contributed by atoms with Gasteiger partial charge in [-0.25, -0.2) is 4.79 Å². The molecular formula is C19H24N2O3. The van der Waals surface area contributed by atoms with Crippen molar-refractivity contribution in [2.45, 2.75) is 45.4 Å². The van der Waals surface area contributed by atoms with Crippen LogP contribution in [0.15, 0.2) is 29.4 Å². The number of hydrogen-bond donors (Lipinski definition) is 0. The van der Waals surface area contributed by atoms with Gasteiger partial charge in [0.25, 0.3) is 0 Å². The van der Waals surface area contributed by atoms with Crippen LogP contribution >= 0.6 is 0 Å². The Hall–Kier alpha value is -2.17. The molecular weight excluding hydrogens is 304 g/mol. The van der Waals surface area contributed by atoms with Crippen LogP contribution in [-0.2, 0) is 9.53 Å². The number of benzene rings is 1. The van der Waals surface area contributed by atoms with Crippen LogP contribution in [-0.4, -0.2) is 30.6 Å². The van der Waals surface area contributed by atoms with E-state index in [9.17, 15) is 9.59 Å². The monoisotopic (exact) mass is 328 g/mol. The summed E-state index contributed by atoms with van der Waals surface area (Å²) < 4.78 is 5.20. The van der Waals surface area contributed by atoms with E-state index >= 15 is 0 Å². The zero-order chi connectivity index (χ0) is 16.9. The number of hydrazone groups is 1. The van der Waals surface area contributed by atoms with Crippen LogP contribution in [0.4, 0.5) is 5.69 Å². The first-order valence-electron chi connectivity index (χ1n) is 8.75. The van der Waals surface area contributed by atoms with Crippen LogP contribution in [0, 0.1) is 5.92 Å². The number of nitrogens with zero attached hydrogens (tertiary/aromatic N) is 2. The molecule has 1 fully saturated rings. The molecule has 1 aliphatic heterocycles. The van der Waals surface area contributed by atoms with Crippen LogP contribution in [0.25, 0.3) is 0 Å². The van der Waals surface area contributed by atoms with Crippen LogP contribution in [0.2, 0.25) is 0 Å². The van der Waals surface area contributed by atoms with Gasteiger partial charge in [0.15, 0.2) is 12.4 Å². The molecule has 3 rings (SSSR count). The maximum Gasteiger partial charge on any atom is 0.338 e. The van der Waals surface area contributed by atoms with E-state index < -0.39 is 5.97 Å². The number of Topliss-reactive ketones (excluding diaryl/α,β-unsaturated/α-hetero) is 1. The second kappa shape index (κ2) is 7.60. The smallest absolute Gasteiger partial charge is 0.338 e. The average Bonchev–Trinajstić information content (AvgIpc) is 3.06. The minimum absolute atomic E-state index is 0.0570. The molecule has 0 bridgehead atoms. The Morgan fingerprint density at radius 1 is 1.17 bits per heavy atom. The molecule has 0 atom stereocenters. The Labute approximate surface area is 142 Å². The summed E-state index contributed by atoms with van der Waals surface area (Å²) in [6.45, 7) is 2.77. The lowest BCUT2D eigenvalue weighted by molar-refractivity contribution is -0.126. The van der Waals surface area contributed by atoms with Crippen molar-refractivity contribution in [2.75, 3.05) is 18.2 Å². The van der Waals surface area contributed by atoms with E-state index in [-0.39, 0.29) is 18.3 Å². The van der Waals surface area contributed by atoms with E-state index in [1.807, 2.05) is 24.1 Å². The van der Waals surface area contributed by atoms with Crippen LogP contribution in [0.3, 0.4) is 0 Å². The van der Waals surface area contributed by atoms with Crippen molar-refractivity contribution in [3.63, 3.8) is 0 Å². The molecule has 0 N–H and O–H groups in total. The Morgan fingerprint density at radius 2 is 1.88 bits per heavy atom. The molecule has 1 aliphatic carbocycles. The maximum atomic E-state index is 12.1. The number of rotatable bonds is 5. The molecule has 1 aromatic carbocycles. The van der Waals surface area contributed by atoms with Crippen molar-refractivity contribution in [1.82, 2.24) is 0 Å². The first-order chi connectivity index (χ1) is 11.6. The van der Waals surface area contributed by atoms with Crippen molar-refractivity contribution < 1.29 is 14.3 Å². The summed E-state index contributed by atoms with van der Waals surface area (Å²) in [5, 5.41) is 6.36. The zero-order valence-electron chi connectivity index (χ0n) is 14.2. The lowest BCUT2D eigenvalue weighted by atomic mass is 9.86. The highest BCUT2D eigenvalue weighted by molar-refractivity contribution is 5.92. The Balaban J connectivity index is 1.52. The number of ether oxygens (including phenoxy) is 1. The highest BCUT2D eigenvalue weighted by Crippen LogP contribution is 2.24. The van der Waals surface area contributed by atoms with Gasteiger partial charge in [-0.2, -0.15) is 5.10 Å². The largest absolute Gasteiger partial charge is 0.454 e. The quantitative estimate of drug-likeness (QED) is 0.775. The van der Waals surface area contributed by atoms with E-state index in [4.69, 9.17) is 4.74 Å². The topological polar surface area (TPSA) is 59.0 Å². The maximum absolute atomic E-state index is 12.1. The van der Waals surface area contributed by atoms with Crippen LogP contribution < -0.4 is 5.01 Å². The Morgan fingerprint density at radius 3 is 2.50 bits per heavy atom. The molecule has 128 valence electrons. The lowest BCUT2D eigenvalue weighted by Gasteiger charge is -2.20. The van der Waals surface area contributed by atoms with Crippen molar-refractivity contribution in [1.29, 1.82) is 0 Å². The fraction of sp³-hybridized carbons (Fsp3) is 0.526. The molecule has 0 radical (unpaired) electrons. The zero-order valence-corrected chi connectivity index (χ0v) is 14.2. The molecule has 2 aliphatic rings. The van der Waals surface area contributed by atoms with E-state index in [1.165, 1.54) is 6.42 Å². The number of carbonyl (C=O) groups is 2. The molecule has 1 aromatic rings. The summed E-state index contributed by atoms with van der Waals surface area (Å²) >= 11 is 0. The predicted octanol–water partition coefficient (Wildman–Crippen LogP) is 3.58. The summed E-state index contributed by atoms with van der Waals surface area (Å²) in [5.41, 5.74) is 2.54. The van der Waals surface area contributed by atoms with Gasteiger partial charge in [-0.05, 0) is 44.0 Å². The van der Waals surface area contributed by atoms with Gasteiger partial charge in [0.05, 0.1) is 11.3 Å². The predicted molar refractivity (Wildman–Crippen MR) is 93.4 cm³/mol. The molecule has 0 aromatic heterocycles. The number of esters is 1. The summed E-state index contributed by atoms with van der Waals surface area (Å²) in [6.07, 6.45) is 6.24. The van der Waals surface area contributed by atoms with Crippen LogP contribution in [0.5, 0.6) is 0 Å². The highest BCUT2D eigenvalue weighted by Gasteiger charge is 2.22. The molecule has 0 unspecified atom stereocenters. The second-order valence-electron chi connectivity index (χ2n) is 6.63. The lowest BCUT2D eigenvalue weighted by Crippen LogP contribution is -2.23. The van der Waals surface area contributed by atoms with Crippen molar-refractivity contribution in [2.24, 2.45) is 11.0 Å². The van der Waals surface area contributed by atoms with E-state index in [2.05, 4.69) is 5.10 Å². The summed E-state index contributed by atoms with van der Waals surface area (Å²) in [7, 11) is 0. The molecule has 1 saturated carbocycles. The van der Waals surface area contributed by atoms with E-state index in [1.54, 1.807) is 12.1 Å². The first-order valence-corrected chi connectivity index (χ1v) is 8.75. The second-order valence-corrected chi connectivity index (χ2v) is 6.63. The van der Waals surface area contributed by atoms with Gasteiger partial charge in [0.2, 0.25) is 0 Å². The standard InChI is InChI=1S/C19H24N2O3/c1-14-11-12-21(20-14)17-9-7-16(8-10-17)19(23)24-13-18(22)15-5-3-2-4-6-15/h7-10,15H,2-6,11-13H2,1H3. The third-order valence-corrected chi connectivity index (χ3v) is 4.78. The Kier molecular flexibility index (Phi) is 5.28. The Bertz CT molecular complexity index is 631. The van der Waals surface area contributed by atoms with Gasteiger partial charge in [-0.15, -0.1) is 0 Å². The molecule has 5 heteroatoms. The normalized spacial score (nSPS) is 18.4. The van der Waals surface area contributed by atoms with Gasteiger partial charge in [0, 0.05) is 24.6 Å². The van der Waals surface area contributed by atoms with Gasteiger partial charge in [0.1, 0.15) is 0 Å². The fourth-order valence-electron chi connectivity index (χ4n) is 3.29. The van der Waals surface area contributed by atoms with Crippen molar-refractivity contribution in [3.8, 4) is 0 Å². The summed E-state index contributed by atoms with van der Waals surface area (Å²) in [6, 6.07) is 7.18. The molecule has 0 amide bonds. The average molecular weight is 328 g/mol. The van der Waals surface area contributed by atoms with Gasteiger partial charge in [-0.1, -0.05) is 19.3 Å². The minimum atomic E-state index is -0.438. The van der Waals surface area contributed by atoms with Gasteiger partial charge in [-0.3, -0.25) is 9.80 Å². The number of hydrogen-bond acceptors (Lipinski definition) is 5. The number of carbonyl (C=O) groups excluding carboxylic acids is 2. The molecule has 0 saturated heterocycles. The SMILES string of the molecule is CC1=NN(c2ccc(C(=O)OCC(=O)C3CCCCC3)cc2)CC1. The molecule has 1 heterocycles. The van der Waals surface area contributed by atoms with Gasteiger partial charge >= 0.3 is 5.97 Å². The third kappa shape index (κ3) is 4.02. The molecule has 5 nitrogen and oxygen atoms in total.